The molecule has 1 unspecified atom stereocenters. The van der Waals surface area contributed by atoms with Gasteiger partial charge in [-0.3, -0.25) is 4.79 Å². The van der Waals surface area contributed by atoms with Crippen LogP contribution in [0.5, 0.6) is 0 Å². The molecule has 0 aliphatic carbocycles. The lowest BCUT2D eigenvalue weighted by molar-refractivity contribution is -0.140. The summed E-state index contributed by atoms with van der Waals surface area (Å²) in [4.78, 5) is 38.9. The van der Waals surface area contributed by atoms with Crippen molar-refractivity contribution in [1.29, 1.82) is 0 Å². The monoisotopic (exact) mass is 315 g/mol. The van der Waals surface area contributed by atoms with Crippen LogP contribution >= 0.6 is 11.3 Å². The van der Waals surface area contributed by atoms with E-state index in [4.69, 9.17) is 10.2 Å². The molecule has 1 heterocycles. The molecular formula is C12H17N3O5S. The third kappa shape index (κ3) is 5.78. The van der Waals surface area contributed by atoms with Gasteiger partial charge in [0.2, 0.25) is 0 Å². The normalized spacial score (nSPS) is 11.7. The molecule has 3 N–H and O–H groups in total. The first-order chi connectivity index (χ1) is 9.79. The molecule has 1 aromatic heterocycles. The van der Waals surface area contributed by atoms with Crippen LogP contribution in [0.1, 0.15) is 23.5 Å². The summed E-state index contributed by atoms with van der Waals surface area (Å²) in [6.45, 7) is 2.10. The number of nitrogens with zero attached hydrogens (tertiary/aromatic N) is 2. The van der Waals surface area contributed by atoms with E-state index >= 15 is 0 Å². The first-order valence-electron chi connectivity index (χ1n) is 6.17. The molecule has 0 aliphatic rings. The number of thiazole rings is 1. The zero-order valence-electron chi connectivity index (χ0n) is 11.7. The third-order valence-electron chi connectivity index (χ3n) is 2.66. The van der Waals surface area contributed by atoms with Crippen LogP contribution in [-0.4, -0.2) is 51.2 Å². The summed E-state index contributed by atoms with van der Waals surface area (Å²) in [5, 5.41) is 22.5. The highest BCUT2D eigenvalue weighted by molar-refractivity contribution is 7.09. The SMILES string of the molecule is Cc1nc(CN(C)C(=O)NC(CCC(=O)O)C(=O)O)cs1. The summed E-state index contributed by atoms with van der Waals surface area (Å²) < 4.78 is 0. The quantitative estimate of drug-likeness (QED) is 0.688. The minimum atomic E-state index is -1.26. The predicted molar refractivity (Wildman–Crippen MR) is 75.1 cm³/mol. The van der Waals surface area contributed by atoms with Crippen LogP contribution in [0, 0.1) is 6.92 Å². The molecule has 9 heteroatoms. The summed E-state index contributed by atoms with van der Waals surface area (Å²) in [7, 11) is 1.51. The van der Waals surface area contributed by atoms with E-state index < -0.39 is 24.0 Å². The lowest BCUT2D eigenvalue weighted by Crippen LogP contribution is -2.46. The minimum absolute atomic E-state index is 0.167. The number of carboxylic acid groups (broad SMARTS) is 2. The summed E-state index contributed by atoms with van der Waals surface area (Å²) in [6, 6.07) is -1.81. The number of carbonyl (C=O) groups excluding carboxylic acids is 1. The fourth-order valence-corrected chi connectivity index (χ4v) is 2.18. The van der Waals surface area contributed by atoms with Crippen molar-refractivity contribution in [3.8, 4) is 0 Å². The Kier molecular flexibility index (Phi) is 6.10. The van der Waals surface area contributed by atoms with Crippen LogP contribution in [0.2, 0.25) is 0 Å². The fourth-order valence-electron chi connectivity index (χ4n) is 1.58. The molecule has 0 spiro atoms. The van der Waals surface area contributed by atoms with Crippen molar-refractivity contribution < 1.29 is 24.6 Å². The van der Waals surface area contributed by atoms with Gasteiger partial charge >= 0.3 is 18.0 Å². The van der Waals surface area contributed by atoms with Gasteiger partial charge in [0, 0.05) is 18.8 Å². The largest absolute Gasteiger partial charge is 0.481 e. The topological polar surface area (TPSA) is 120 Å². The van der Waals surface area contributed by atoms with Crippen molar-refractivity contribution in [2.45, 2.75) is 32.4 Å². The van der Waals surface area contributed by atoms with E-state index in [1.54, 1.807) is 0 Å². The highest BCUT2D eigenvalue weighted by Gasteiger charge is 2.22. The smallest absolute Gasteiger partial charge is 0.326 e. The van der Waals surface area contributed by atoms with Crippen molar-refractivity contribution in [2.24, 2.45) is 0 Å². The Bertz CT molecular complexity index is 531. The maximum atomic E-state index is 11.9. The van der Waals surface area contributed by atoms with Gasteiger partial charge in [0.25, 0.3) is 0 Å². The number of hydrogen-bond donors (Lipinski definition) is 3. The highest BCUT2D eigenvalue weighted by atomic mass is 32.1. The number of aryl methyl sites for hydroxylation is 1. The number of aromatic nitrogens is 1. The predicted octanol–water partition coefficient (Wildman–Crippen LogP) is 0.911. The number of urea groups is 1. The molecule has 0 saturated heterocycles. The van der Waals surface area contributed by atoms with Crippen LogP contribution in [-0.2, 0) is 16.1 Å². The molecule has 0 bridgehead atoms. The average molecular weight is 315 g/mol. The third-order valence-corrected chi connectivity index (χ3v) is 3.48. The van der Waals surface area contributed by atoms with E-state index in [2.05, 4.69) is 10.3 Å². The number of amides is 2. The van der Waals surface area contributed by atoms with Gasteiger partial charge in [0.1, 0.15) is 6.04 Å². The van der Waals surface area contributed by atoms with Crippen LogP contribution in [0.3, 0.4) is 0 Å². The van der Waals surface area contributed by atoms with Crippen LogP contribution in [0.4, 0.5) is 4.79 Å². The second-order valence-corrected chi connectivity index (χ2v) is 5.55. The molecule has 2 amide bonds. The van der Waals surface area contributed by atoms with Gasteiger partial charge in [-0.1, -0.05) is 0 Å². The summed E-state index contributed by atoms with van der Waals surface area (Å²) in [5.74, 6) is -2.37. The van der Waals surface area contributed by atoms with Crippen LogP contribution < -0.4 is 5.32 Å². The lowest BCUT2D eigenvalue weighted by atomic mass is 10.1. The van der Waals surface area contributed by atoms with Gasteiger partial charge in [-0.2, -0.15) is 0 Å². The van der Waals surface area contributed by atoms with Gasteiger partial charge in [-0.25, -0.2) is 14.6 Å². The number of aliphatic carboxylic acids is 2. The average Bonchev–Trinajstić information content (AvgIpc) is 2.78. The number of carboxylic acids is 2. The van der Waals surface area contributed by atoms with Crippen molar-refractivity contribution in [3.05, 3.63) is 16.1 Å². The van der Waals surface area contributed by atoms with Gasteiger partial charge < -0.3 is 20.4 Å². The Balaban J connectivity index is 2.55. The van der Waals surface area contributed by atoms with E-state index in [0.29, 0.717) is 5.69 Å². The Morgan fingerprint density at radius 2 is 2.10 bits per heavy atom. The molecule has 8 nitrogen and oxygen atoms in total. The maximum absolute atomic E-state index is 11.9. The molecule has 21 heavy (non-hydrogen) atoms. The highest BCUT2D eigenvalue weighted by Crippen LogP contribution is 2.10. The standard InChI is InChI=1S/C12H17N3O5S/c1-7-13-8(6-21-7)5-15(2)12(20)14-9(11(18)19)3-4-10(16)17/h6,9H,3-5H2,1-2H3,(H,14,20)(H,16,17)(H,18,19). The van der Waals surface area contributed by atoms with Gasteiger partial charge in [0.05, 0.1) is 17.2 Å². The van der Waals surface area contributed by atoms with Crippen LogP contribution in [0.15, 0.2) is 5.38 Å². The number of carbonyl (C=O) groups is 3. The minimum Gasteiger partial charge on any atom is -0.481 e. The van der Waals surface area contributed by atoms with Crippen LogP contribution in [0.25, 0.3) is 0 Å². The number of hydrogen-bond acceptors (Lipinski definition) is 5. The molecular weight excluding hydrogens is 298 g/mol. The molecule has 0 aromatic carbocycles. The van der Waals surface area contributed by atoms with Gasteiger partial charge in [-0.15, -0.1) is 11.3 Å². The van der Waals surface area contributed by atoms with E-state index in [1.807, 2.05) is 12.3 Å². The maximum Gasteiger partial charge on any atom is 0.326 e. The van der Waals surface area contributed by atoms with E-state index in [9.17, 15) is 14.4 Å². The van der Waals surface area contributed by atoms with Crippen molar-refractivity contribution in [2.75, 3.05) is 7.05 Å². The molecule has 1 atom stereocenters. The zero-order valence-corrected chi connectivity index (χ0v) is 12.5. The number of rotatable bonds is 7. The summed E-state index contributed by atoms with van der Waals surface area (Å²) in [6.07, 6.45) is -0.494. The Hall–Kier alpha value is -2.16. The second-order valence-electron chi connectivity index (χ2n) is 4.49. The van der Waals surface area contributed by atoms with Gasteiger partial charge in [-0.05, 0) is 13.3 Å². The molecule has 0 radical (unpaired) electrons. The molecule has 1 rings (SSSR count). The Morgan fingerprint density at radius 3 is 2.57 bits per heavy atom. The van der Waals surface area contributed by atoms with Gasteiger partial charge in [0.15, 0.2) is 0 Å². The first kappa shape index (κ1) is 16.9. The van der Waals surface area contributed by atoms with E-state index in [0.717, 1.165) is 5.01 Å². The first-order valence-corrected chi connectivity index (χ1v) is 7.04. The Morgan fingerprint density at radius 1 is 1.43 bits per heavy atom. The molecule has 0 fully saturated rings. The summed E-state index contributed by atoms with van der Waals surface area (Å²) >= 11 is 1.46. The van der Waals surface area contributed by atoms with E-state index in [1.165, 1.54) is 23.3 Å². The van der Waals surface area contributed by atoms with Crippen molar-refractivity contribution in [3.63, 3.8) is 0 Å². The molecule has 1 aromatic rings. The molecule has 116 valence electrons. The zero-order chi connectivity index (χ0) is 16.0. The summed E-state index contributed by atoms with van der Waals surface area (Å²) in [5.41, 5.74) is 0.715. The number of nitrogens with one attached hydrogen (secondary N) is 1. The fraction of sp³-hybridized carbons (Fsp3) is 0.500. The molecule has 0 saturated carbocycles. The van der Waals surface area contributed by atoms with Crippen molar-refractivity contribution in [1.82, 2.24) is 15.2 Å². The lowest BCUT2D eigenvalue weighted by Gasteiger charge is -2.20. The second kappa shape index (κ2) is 7.58. The molecule has 0 aliphatic heterocycles. The van der Waals surface area contributed by atoms with Crippen molar-refractivity contribution >= 4 is 29.3 Å². The van der Waals surface area contributed by atoms with E-state index in [-0.39, 0.29) is 19.4 Å². The Labute approximate surface area is 125 Å².